The van der Waals surface area contributed by atoms with E-state index in [1.165, 1.54) is 11.0 Å². The van der Waals surface area contributed by atoms with E-state index in [2.05, 4.69) is 4.90 Å². The maximum Gasteiger partial charge on any atom is 0.263 e. The summed E-state index contributed by atoms with van der Waals surface area (Å²) in [6, 6.07) is 16.6. The van der Waals surface area contributed by atoms with Crippen LogP contribution in [-0.2, 0) is 9.59 Å². The summed E-state index contributed by atoms with van der Waals surface area (Å²) in [5, 5.41) is 0.664. The Balaban J connectivity index is 1.67. The molecule has 2 amide bonds. The van der Waals surface area contributed by atoms with Crippen LogP contribution >= 0.6 is 11.6 Å². The number of hydrogen-bond donors (Lipinski definition) is 0. The highest BCUT2D eigenvalue weighted by atomic mass is 35.5. The van der Waals surface area contributed by atoms with Gasteiger partial charge in [-0.15, -0.1) is 0 Å². The Hall–Kier alpha value is -2.59. The lowest BCUT2D eigenvalue weighted by Gasteiger charge is -2.38. The number of carbonyl (C=O) groups is 2. The summed E-state index contributed by atoms with van der Waals surface area (Å²) in [5.74, 6) is -0.508. The Morgan fingerprint density at radius 1 is 0.923 bits per heavy atom. The third-order valence-corrected chi connectivity index (χ3v) is 5.31. The van der Waals surface area contributed by atoms with Gasteiger partial charge in [0, 0.05) is 18.2 Å². The van der Waals surface area contributed by atoms with Crippen molar-refractivity contribution in [3.63, 3.8) is 0 Å². The van der Waals surface area contributed by atoms with Crippen molar-refractivity contribution in [1.29, 1.82) is 0 Å². The number of amides is 2. The first kappa shape index (κ1) is 16.9. The molecule has 26 heavy (non-hydrogen) atoms. The number of halogens is 1. The Labute approximate surface area is 157 Å². The normalized spacial score (nSPS) is 20.5. The third-order valence-electron chi connectivity index (χ3n) is 4.99. The Morgan fingerprint density at radius 3 is 2.42 bits per heavy atom. The van der Waals surface area contributed by atoms with E-state index in [1.54, 1.807) is 12.1 Å². The van der Waals surface area contributed by atoms with Gasteiger partial charge in [-0.25, -0.2) is 4.90 Å². The number of hydrogen-bond acceptors (Lipinski definition) is 3. The number of imide groups is 1. The molecule has 4 rings (SSSR count). The highest BCUT2D eigenvalue weighted by Crippen LogP contribution is 2.36. The number of benzene rings is 2. The molecule has 2 aliphatic heterocycles. The van der Waals surface area contributed by atoms with Crippen LogP contribution in [0.5, 0.6) is 0 Å². The molecule has 4 nitrogen and oxygen atoms in total. The average molecular weight is 367 g/mol. The fourth-order valence-electron chi connectivity index (χ4n) is 3.78. The van der Waals surface area contributed by atoms with E-state index in [1.807, 2.05) is 42.5 Å². The molecule has 1 fully saturated rings. The first-order valence-electron chi connectivity index (χ1n) is 8.83. The van der Waals surface area contributed by atoms with Crippen LogP contribution in [0.25, 0.3) is 0 Å². The number of para-hydroxylation sites is 2. The SMILES string of the molecule is O=C1C=C(C2CCCCN2c2ccccc2Cl)C(=O)N1c1ccccc1. The van der Waals surface area contributed by atoms with Crippen LogP contribution in [0.2, 0.25) is 5.02 Å². The second-order valence-electron chi connectivity index (χ2n) is 6.57. The molecule has 0 saturated carbocycles. The molecule has 0 spiro atoms. The monoisotopic (exact) mass is 366 g/mol. The number of anilines is 2. The molecule has 1 unspecified atom stereocenters. The number of carbonyl (C=O) groups excluding carboxylic acids is 2. The van der Waals surface area contributed by atoms with Gasteiger partial charge < -0.3 is 4.90 Å². The highest BCUT2D eigenvalue weighted by molar-refractivity contribution is 6.33. The number of nitrogens with zero attached hydrogens (tertiary/aromatic N) is 2. The van der Waals surface area contributed by atoms with Gasteiger partial charge in [-0.05, 0) is 43.5 Å². The molecule has 5 heteroatoms. The molecule has 2 aliphatic rings. The lowest BCUT2D eigenvalue weighted by Crippen LogP contribution is -2.44. The maximum absolute atomic E-state index is 13.1. The first-order chi connectivity index (χ1) is 12.7. The minimum Gasteiger partial charge on any atom is -0.363 e. The minimum absolute atomic E-state index is 0.131. The van der Waals surface area contributed by atoms with Crippen molar-refractivity contribution >= 4 is 34.8 Å². The van der Waals surface area contributed by atoms with Gasteiger partial charge >= 0.3 is 0 Å². The van der Waals surface area contributed by atoms with Crippen molar-refractivity contribution in [3.8, 4) is 0 Å². The summed E-state index contributed by atoms with van der Waals surface area (Å²) < 4.78 is 0. The zero-order chi connectivity index (χ0) is 18.1. The van der Waals surface area contributed by atoms with Gasteiger partial charge in [-0.3, -0.25) is 9.59 Å². The lowest BCUT2D eigenvalue weighted by molar-refractivity contribution is -0.120. The molecule has 0 N–H and O–H groups in total. The van der Waals surface area contributed by atoms with Crippen LogP contribution in [-0.4, -0.2) is 24.4 Å². The fourth-order valence-corrected chi connectivity index (χ4v) is 4.02. The Morgan fingerprint density at radius 2 is 1.65 bits per heavy atom. The lowest BCUT2D eigenvalue weighted by atomic mass is 9.94. The summed E-state index contributed by atoms with van der Waals surface area (Å²) in [7, 11) is 0. The van der Waals surface area contributed by atoms with Crippen LogP contribution in [0.4, 0.5) is 11.4 Å². The van der Waals surface area contributed by atoms with Gasteiger partial charge in [-0.2, -0.15) is 0 Å². The fraction of sp³-hybridized carbons (Fsp3) is 0.238. The van der Waals surface area contributed by atoms with Gasteiger partial charge in [0.1, 0.15) is 0 Å². The van der Waals surface area contributed by atoms with Gasteiger partial charge in [-0.1, -0.05) is 41.9 Å². The van der Waals surface area contributed by atoms with Gasteiger partial charge in [0.25, 0.3) is 11.8 Å². The highest BCUT2D eigenvalue weighted by Gasteiger charge is 2.39. The van der Waals surface area contributed by atoms with E-state index in [0.29, 0.717) is 16.3 Å². The summed E-state index contributed by atoms with van der Waals surface area (Å²) >= 11 is 6.40. The summed E-state index contributed by atoms with van der Waals surface area (Å²) in [4.78, 5) is 29.0. The molecule has 1 atom stereocenters. The summed E-state index contributed by atoms with van der Waals surface area (Å²) in [6.45, 7) is 0.818. The molecule has 0 radical (unpaired) electrons. The van der Waals surface area contributed by atoms with Gasteiger partial charge in [0.2, 0.25) is 0 Å². The molecule has 1 saturated heterocycles. The van der Waals surface area contributed by atoms with E-state index in [9.17, 15) is 9.59 Å². The average Bonchev–Trinajstić information content (AvgIpc) is 2.97. The number of piperidine rings is 1. The largest absolute Gasteiger partial charge is 0.363 e. The van der Waals surface area contributed by atoms with Crippen molar-refractivity contribution in [2.24, 2.45) is 0 Å². The van der Waals surface area contributed by atoms with Crippen LogP contribution < -0.4 is 9.80 Å². The molecule has 2 aromatic rings. The molecular formula is C21H19ClN2O2. The van der Waals surface area contributed by atoms with Crippen molar-refractivity contribution in [1.82, 2.24) is 0 Å². The van der Waals surface area contributed by atoms with Crippen LogP contribution in [0.15, 0.2) is 66.2 Å². The predicted octanol–water partition coefficient (Wildman–Crippen LogP) is 4.20. The molecule has 2 aromatic carbocycles. The molecule has 2 heterocycles. The summed E-state index contributed by atoms with van der Waals surface area (Å²) in [6.07, 6.45) is 4.39. The van der Waals surface area contributed by atoms with E-state index in [0.717, 1.165) is 31.5 Å². The smallest absolute Gasteiger partial charge is 0.263 e. The van der Waals surface area contributed by atoms with E-state index in [4.69, 9.17) is 11.6 Å². The zero-order valence-electron chi connectivity index (χ0n) is 14.3. The van der Waals surface area contributed by atoms with Crippen LogP contribution in [0, 0.1) is 0 Å². The quantitative estimate of drug-likeness (QED) is 0.764. The number of rotatable bonds is 3. The topological polar surface area (TPSA) is 40.6 Å². The van der Waals surface area contributed by atoms with Crippen LogP contribution in [0.3, 0.4) is 0 Å². The Bertz CT molecular complexity index is 879. The first-order valence-corrected chi connectivity index (χ1v) is 9.21. The zero-order valence-corrected chi connectivity index (χ0v) is 15.0. The van der Waals surface area contributed by atoms with E-state index < -0.39 is 0 Å². The third kappa shape index (κ3) is 2.90. The van der Waals surface area contributed by atoms with Crippen molar-refractivity contribution in [3.05, 3.63) is 71.3 Å². The second kappa shape index (κ2) is 6.96. The second-order valence-corrected chi connectivity index (χ2v) is 6.98. The Kier molecular flexibility index (Phi) is 4.51. The molecule has 0 aliphatic carbocycles. The van der Waals surface area contributed by atoms with E-state index in [-0.39, 0.29) is 17.9 Å². The van der Waals surface area contributed by atoms with Crippen LogP contribution in [0.1, 0.15) is 19.3 Å². The minimum atomic E-state index is -0.277. The summed E-state index contributed by atoms with van der Waals surface area (Å²) in [5.41, 5.74) is 2.07. The molecule has 132 valence electrons. The molecule has 0 aromatic heterocycles. The maximum atomic E-state index is 13.1. The van der Waals surface area contributed by atoms with Gasteiger partial charge in [0.05, 0.1) is 22.4 Å². The van der Waals surface area contributed by atoms with E-state index >= 15 is 0 Å². The van der Waals surface area contributed by atoms with Gasteiger partial charge in [0.15, 0.2) is 0 Å². The predicted molar refractivity (Wildman–Crippen MR) is 103 cm³/mol. The standard InChI is InChI=1S/C21H19ClN2O2/c22-17-10-4-5-12-19(17)23-13-7-6-11-18(23)16-14-20(25)24(21(16)26)15-8-2-1-3-9-15/h1-5,8-10,12,14,18H,6-7,11,13H2. The van der Waals surface area contributed by atoms with Crippen molar-refractivity contribution < 1.29 is 9.59 Å². The van der Waals surface area contributed by atoms with Crippen molar-refractivity contribution in [2.45, 2.75) is 25.3 Å². The van der Waals surface area contributed by atoms with Crippen molar-refractivity contribution in [2.75, 3.05) is 16.3 Å². The molecular weight excluding hydrogens is 348 g/mol. The molecule has 0 bridgehead atoms.